The average Bonchev–Trinajstić information content (AvgIpc) is 2.09. The van der Waals surface area contributed by atoms with Gasteiger partial charge in [-0.1, -0.05) is 21.3 Å². The number of rotatable bonds is 5. The Balaban J connectivity index is 0. The highest BCUT2D eigenvalue weighted by molar-refractivity contribution is 7.86. The van der Waals surface area contributed by atoms with Crippen LogP contribution in [0.5, 0.6) is 0 Å². The second kappa shape index (κ2) is 6.02. The molecule has 0 saturated heterocycles. The molecule has 124 valence electrons. The molecule has 12 heteroatoms. The second-order valence-corrected chi connectivity index (χ2v) is 5.30. The molecule has 0 aliphatic rings. The van der Waals surface area contributed by atoms with Crippen molar-refractivity contribution in [2.45, 2.75) is 44.9 Å². The molecular weight excluding hydrogens is 325 g/mol. The Hall–Kier alpha value is -0.620. The van der Waals surface area contributed by atoms with Gasteiger partial charge in [-0.25, -0.2) is 0 Å². The van der Waals surface area contributed by atoms with Crippen molar-refractivity contribution in [1.82, 2.24) is 0 Å². The van der Waals surface area contributed by atoms with Gasteiger partial charge >= 0.3 is 27.7 Å². The Morgan fingerprint density at radius 2 is 1.35 bits per heavy atom. The highest BCUT2D eigenvalue weighted by atomic mass is 32.2. The van der Waals surface area contributed by atoms with Crippen molar-refractivity contribution in [3.05, 3.63) is 0 Å². The summed E-state index contributed by atoms with van der Waals surface area (Å²) in [5.74, 6) is -1.69. The SMILES string of the molecule is C.CC(C)C(OC(F)(F)C(F)(F)S(=O)(=O)O)C(F)(F)F. The van der Waals surface area contributed by atoms with Crippen LogP contribution in [0.3, 0.4) is 0 Å². The van der Waals surface area contributed by atoms with Crippen molar-refractivity contribution in [2.24, 2.45) is 5.92 Å². The topological polar surface area (TPSA) is 63.6 Å². The maximum absolute atomic E-state index is 12.8. The normalized spacial score (nSPS) is 15.9. The molecule has 0 bridgehead atoms. The lowest BCUT2D eigenvalue weighted by Crippen LogP contribution is -2.53. The molecule has 20 heavy (non-hydrogen) atoms. The summed E-state index contributed by atoms with van der Waals surface area (Å²) in [4.78, 5) is 0. The molecule has 4 nitrogen and oxygen atoms in total. The van der Waals surface area contributed by atoms with E-state index in [1.54, 1.807) is 0 Å². The third kappa shape index (κ3) is 4.45. The van der Waals surface area contributed by atoms with Gasteiger partial charge in [-0.15, -0.1) is 0 Å². The van der Waals surface area contributed by atoms with E-state index in [4.69, 9.17) is 4.55 Å². The molecule has 0 rings (SSSR count). The average molecular weight is 338 g/mol. The molecular formula is C8H13F7O4S. The predicted molar refractivity (Wildman–Crippen MR) is 53.9 cm³/mol. The fourth-order valence-electron chi connectivity index (χ4n) is 0.959. The van der Waals surface area contributed by atoms with Gasteiger partial charge in [-0.2, -0.15) is 39.2 Å². The maximum Gasteiger partial charge on any atom is 0.459 e. The van der Waals surface area contributed by atoms with E-state index >= 15 is 0 Å². The molecule has 0 saturated carbocycles. The number of alkyl halides is 7. The van der Waals surface area contributed by atoms with Gasteiger partial charge in [0.1, 0.15) is 0 Å². The maximum atomic E-state index is 12.8. The fourth-order valence-corrected chi connectivity index (χ4v) is 1.31. The van der Waals surface area contributed by atoms with Crippen molar-refractivity contribution in [3.63, 3.8) is 0 Å². The van der Waals surface area contributed by atoms with Crippen LogP contribution >= 0.6 is 0 Å². The van der Waals surface area contributed by atoms with Gasteiger partial charge in [0.15, 0.2) is 6.10 Å². The first-order valence-corrected chi connectivity index (χ1v) is 5.95. The van der Waals surface area contributed by atoms with Crippen molar-refractivity contribution in [3.8, 4) is 0 Å². The summed E-state index contributed by atoms with van der Waals surface area (Å²) < 4.78 is 119. The standard InChI is InChI=1S/C7H9F7O4S.CH4/c1-3(2)4(5(8,9)10)18-6(11,12)7(13,14)19(15,16)17;/h3-4H,1-2H3,(H,15,16,17);1H4. The van der Waals surface area contributed by atoms with E-state index in [0.717, 1.165) is 13.8 Å². The van der Waals surface area contributed by atoms with Crippen LogP contribution in [-0.2, 0) is 14.9 Å². The smallest absolute Gasteiger partial charge is 0.301 e. The summed E-state index contributed by atoms with van der Waals surface area (Å²) in [7, 11) is -6.65. The summed E-state index contributed by atoms with van der Waals surface area (Å²) in [6.45, 7) is 1.50. The molecule has 0 spiro atoms. The van der Waals surface area contributed by atoms with Crippen LogP contribution in [0.15, 0.2) is 0 Å². The summed E-state index contributed by atoms with van der Waals surface area (Å²) in [6, 6.07) is 0. The Labute approximate surface area is 110 Å². The number of ether oxygens (including phenoxy) is 1. The van der Waals surface area contributed by atoms with E-state index in [1.807, 2.05) is 0 Å². The molecule has 1 N–H and O–H groups in total. The molecule has 0 aromatic carbocycles. The minimum absolute atomic E-state index is 0. The van der Waals surface area contributed by atoms with Crippen LogP contribution in [0.4, 0.5) is 30.7 Å². The lowest BCUT2D eigenvalue weighted by Gasteiger charge is -2.31. The van der Waals surface area contributed by atoms with Crippen LogP contribution in [0, 0.1) is 5.92 Å². The van der Waals surface area contributed by atoms with Crippen molar-refractivity contribution in [1.29, 1.82) is 0 Å². The zero-order valence-corrected chi connectivity index (χ0v) is 10.2. The van der Waals surface area contributed by atoms with Crippen LogP contribution in [0.1, 0.15) is 21.3 Å². The van der Waals surface area contributed by atoms with Gasteiger partial charge in [-0.3, -0.25) is 4.55 Å². The van der Waals surface area contributed by atoms with E-state index in [-0.39, 0.29) is 7.43 Å². The number of halogens is 7. The van der Waals surface area contributed by atoms with Crippen LogP contribution in [-0.4, -0.2) is 36.6 Å². The molecule has 0 aromatic rings. The highest BCUT2D eigenvalue weighted by Gasteiger charge is 2.69. The molecule has 0 fully saturated rings. The summed E-state index contributed by atoms with van der Waals surface area (Å²) >= 11 is 0. The van der Waals surface area contributed by atoms with E-state index < -0.39 is 39.7 Å². The first-order chi connectivity index (χ1) is 8.04. The predicted octanol–water partition coefficient (Wildman–Crippen LogP) is 3.30. The van der Waals surface area contributed by atoms with Gasteiger partial charge < -0.3 is 4.74 Å². The molecule has 0 heterocycles. The zero-order valence-electron chi connectivity index (χ0n) is 9.38. The van der Waals surface area contributed by atoms with Crippen molar-refractivity contribution >= 4 is 10.1 Å². The lowest BCUT2D eigenvalue weighted by atomic mass is 10.1. The number of hydrogen-bond donors (Lipinski definition) is 1. The summed E-state index contributed by atoms with van der Waals surface area (Å²) in [5, 5.41) is -6.21. The van der Waals surface area contributed by atoms with Gasteiger partial charge in [0, 0.05) is 0 Å². The first kappa shape index (κ1) is 21.7. The molecule has 0 aliphatic heterocycles. The quantitative estimate of drug-likeness (QED) is 0.617. The Bertz CT molecular complexity index is 415. The molecule has 0 aliphatic carbocycles. The number of hydrogen-bond acceptors (Lipinski definition) is 3. The van der Waals surface area contributed by atoms with Crippen LogP contribution < -0.4 is 0 Å². The molecule has 1 atom stereocenters. The zero-order chi connectivity index (χ0) is 15.9. The Morgan fingerprint density at radius 3 is 1.55 bits per heavy atom. The lowest BCUT2D eigenvalue weighted by molar-refractivity contribution is -0.376. The largest absolute Gasteiger partial charge is 0.459 e. The minimum atomic E-state index is -6.65. The first-order valence-electron chi connectivity index (χ1n) is 4.51. The molecule has 1 unspecified atom stereocenters. The van der Waals surface area contributed by atoms with E-state index in [9.17, 15) is 39.2 Å². The highest BCUT2D eigenvalue weighted by Crippen LogP contribution is 2.43. The third-order valence-corrected chi connectivity index (χ3v) is 2.75. The van der Waals surface area contributed by atoms with Crippen molar-refractivity contribution in [2.75, 3.05) is 0 Å². The molecule has 0 aromatic heterocycles. The summed E-state index contributed by atoms with van der Waals surface area (Å²) in [5.41, 5.74) is 0. The van der Waals surface area contributed by atoms with Gasteiger partial charge in [0.2, 0.25) is 0 Å². The second-order valence-electron chi connectivity index (χ2n) is 3.83. The molecule has 0 amide bonds. The Kier molecular flexibility index (Phi) is 6.52. The van der Waals surface area contributed by atoms with E-state index in [0.29, 0.717) is 0 Å². The third-order valence-electron chi connectivity index (χ3n) is 1.87. The molecule has 0 radical (unpaired) electrons. The fraction of sp³-hybridized carbons (Fsp3) is 1.00. The van der Waals surface area contributed by atoms with Gasteiger partial charge in [-0.05, 0) is 5.92 Å². The van der Waals surface area contributed by atoms with Gasteiger partial charge in [0.25, 0.3) is 0 Å². The minimum Gasteiger partial charge on any atom is -0.301 e. The monoisotopic (exact) mass is 338 g/mol. The van der Waals surface area contributed by atoms with Gasteiger partial charge in [0.05, 0.1) is 0 Å². The van der Waals surface area contributed by atoms with Crippen LogP contribution in [0.25, 0.3) is 0 Å². The van der Waals surface area contributed by atoms with Crippen LogP contribution in [0.2, 0.25) is 0 Å². The Morgan fingerprint density at radius 1 is 1.00 bits per heavy atom. The van der Waals surface area contributed by atoms with E-state index in [1.165, 1.54) is 0 Å². The van der Waals surface area contributed by atoms with Crippen molar-refractivity contribution < 1.29 is 48.4 Å². The summed E-state index contributed by atoms with van der Waals surface area (Å²) in [6.07, 6.45) is -14.8. The van der Waals surface area contributed by atoms with E-state index in [2.05, 4.69) is 4.74 Å².